The topological polar surface area (TPSA) is 121 Å². The van der Waals surface area contributed by atoms with E-state index in [0.29, 0.717) is 10.6 Å². The van der Waals surface area contributed by atoms with Crippen molar-refractivity contribution in [2.75, 3.05) is 18.9 Å². The van der Waals surface area contributed by atoms with Gasteiger partial charge in [-0.1, -0.05) is 11.6 Å². The van der Waals surface area contributed by atoms with Crippen LogP contribution in [0.15, 0.2) is 51.9 Å². The smallest absolute Gasteiger partial charge is 0.341 e. The van der Waals surface area contributed by atoms with Crippen LogP contribution in [0.1, 0.15) is 10.4 Å². The van der Waals surface area contributed by atoms with Crippen molar-refractivity contribution in [3.05, 3.63) is 53.1 Å². The van der Waals surface area contributed by atoms with Crippen molar-refractivity contribution in [1.29, 1.82) is 0 Å². The number of methoxy groups -OCH3 is 2. The third-order valence-corrected chi connectivity index (χ3v) is 5.21. The van der Waals surface area contributed by atoms with Crippen LogP contribution in [-0.2, 0) is 14.8 Å². The van der Waals surface area contributed by atoms with Gasteiger partial charge in [0.1, 0.15) is 11.3 Å². The zero-order valence-electron chi connectivity index (χ0n) is 14.7. The summed E-state index contributed by atoms with van der Waals surface area (Å²) in [6, 6.07) is 10.3. The van der Waals surface area contributed by atoms with E-state index < -0.39 is 16.0 Å². The van der Waals surface area contributed by atoms with Crippen LogP contribution in [0, 0.1) is 0 Å². The summed E-state index contributed by atoms with van der Waals surface area (Å²) in [5, 5.41) is 4.15. The minimum Gasteiger partial charge on any atom is -0.496 e. The number of aromatic nitrogens is 2. The molecule has 0 unspecified atom stereocenters. The van der Waals surface area contributed by atoms with Crippen LogP contribution in [0.5, 0.6) is 5.75 Å². The summed E-state index contributed by atoms with van der Waals surface area (Å²) in [6.45, 7) is 0. The van der Waals surface area contributed by atoms with Gasteiger partial charge in [-0.3, -0.25) is 0 Å². The monoisotopic (exact) mass is 423 g/mol. The van der Waals surface area contributed by atoms with Gasteiger partial charge in [0, 0.05) is 16.7 Å². The highest BCUT2D eigenvalue weighted by Gasteiger charge is 2.22. The molecule has 0 bridgehead atoms. The molecule has 3 rings (SSSR count). The minimum atomic E-state index is -4.06. The quantitative estimate of drug-likeness (QED) is 0.600. The van der Waals surface area contributed by atoms with Gasteiger partial charge in [-0.15, -0.1) is 0 Å². The number of halogens is 1. The highest BCUT2D eigenvalue weighted by atomic mass is 35.5. The molecule has 0 amide bonds. The van der Waals surface area contributed by atoms with Crippen LogP contribution in [0.4, 0.5) is 5.95 Å². The number of carbonyl (C=O) groups excluding carboxylic acids is 1. The molecule has 146 valence electrons. The molecule has 0 saturated heterocycles. The van der Waals surface area contributed by atoms with Crippen LogP contribution < -0.4 is 9.46 Å². The first-order valence-electron chi connectivity index (χ1n) is 7.73. The van der Waals surface area contributed by atoms with Crippen LogP contribution in [0.25, 0.3) is 11.5 Å². The molecule has 28 heavy (non-hydrogen) atoms. The van der Waals surface area contributed by atoms with Gasteiger partial charge in [0.15, 0.2) is 0 Å². The number of hydrogen-bond acceptors (Lipinski definition) is 8. The average Bonchev–Trinajstić information content (AvgIpc) is 3.15. The maximum absolute atomic E-state index is 12.6. The Morgan fingerprint density at radius 3 is 2.50 bits per heavy atom. The van der Waals surface area contributed by atoms with E-state index >= 15 is 0 Å². The fourth-order valence-corrected chi connectivity index (χ4v) is 3.35. The van der Waals surface area contributed by atoms with E-state index in [0.717, 1.165) is 0 Å². The highest BCUT2D eigenvalue weighted by Crippen LogP contribution is 2.26. The molecule has 11 heteroatoms. The zero-order chi connectivity index (χ0) is 20.3. The van der Waals surface area contributed by atoms with Gasteiger partial charge in [-0.25, -0.2) is 17.9 Å². The van der Waals surface area contributed by atoms with Crippen molar-refractivity contribution >= 4 is 33.5 Å². The summed E-state index contributed by atoms with van der Waals surface area (Å²) in [6.07, 6.45) is 0. The van der Waals surface area contributed by atoms with E-state index in [-0.39, 0.29) is 28.0 Å². The number of nitrogens with zero attached hydrogens (tertiary/aromatic N) is 2. The summed E-state index contributed by atoms with van der Waals surface area (Å²) in [5.74, 6) is -0.738. The molecular weight excluding hydrogens is 410 g/mol. The highest BCUT2D eigenvalue weighted by molar-refractivity contribution is 7.92. The van der Waals surface area contributed by atoms with Crippen LogP contribution in [0.2, 0.25) is 5.02 Å². The molecule has 0 aliphatic carbocycles. The largest absolute Gasteiger partial charge is 0.496 e. The Bertz CT molecular complexity index is 1110. The van der Waals surface area contributed by atoms with Crippen molar-refractivity contribution in [1.82, 2.24) is 10.1 Å². The second-order valence-electron chi connectivity index (χ2n) is 5.39. The molecule has 3 aromatic rings. The Balaban J connectivity index is 1.86. The molecule has 2 aromatic carbocycles. The molecule has 0 atom stereocenters. The van der Waals surface area contributed by atoms with E-state index in [1.807, 2.05) is 0 Å². The molecule has 1 aromatic heterocycles. The first kappa shape index (κ1) is 19.6. The van der Waals surface area contributed by atoms with E-state index in [2.05, 4.69) is 19.6 Å². The normalized spacial score (nSPS) is 11.1. The molecule has 0 aliphatic heterocycles. The van der Waals surface area contributed by atoms with E-state index in [9.17, 15) is 13.2 Å². The maximum Gasteiger partial charge on any atom is 0.341 e. The maximum atomic E-state index is 12.6. The number of nitrogens with one attached hydrogen (secondary N) is 1. The van der Waals surface area contributed by atoms with Gasteiger partial charge < -0.3 is 14.0 Å². The van der Waals surface area contributed by atoms with Crippen molar-refractivity contribution in [2.24, 2.45) is 0 Å². The standard InChI is InChI=1S/C17H14ClN3O6S/c1-25-14-9-12(7-8-13(14)16(22)26-2)28(23,24)21-17-19-15(27-20-17)10-3-5-11(18)6-4-10/h3-9H,1-2H3,(H,20,21). The molecular formula is C17H14ClN3O6S. The summed E-state index contributed by atoms with van der Waals surface area (Å²) in [4.78, 5) is 15.5. The molecule has 0 saturated carbocycles. The van der Waals surface area contributed by atoms with E-state index in [1.165, 1.54) is 32.4 Å². The summed E-state index contributed by atoms with van der Waals surface area (Å²) >= 11 is 5.83. The predicted molar refractivity (Wildman–Crippen MR) is 99.9 cm³/mol. The van der Waals surface area contributed by atoms with Gasteiger partial charge in [-0.05, 0) is 41.6 Å². The molecule has 0 radical (unpaired) electrons. The van der Waals surface area contributed by atoms with Gasteiger partial charge in [0.2, 0.25) is 0 Å². The fraction of sp³-hybridized carbons (Fsp3) is 0.118. The van der Waals surface area contributed by atoms with Crippen molar-refractivity contribution < 1.29 is 27.2 Å². The van der Waals surface area contributed by atoms with Crippen molar-refractivity contribution in [3.63, 3.8) is 0 Å². The number of ether oxygens (including phenoxy) is 2. The number of anilines is 1. The number of sulfonamides is 1. The van der Waals surface area contributed by atoms with Gasteiger partial charge in [0.25, 0.3) is 21.9 Å². The lowest BCUT2D eigenvalue weighted by Crippen LogP contribution is -2.15. The molecule has 1 N–H and O–H groups in total. The SMILES string of the molecule is COC(=O)c1ccc(S(=O)(=O)Nc2noc(-c3ccc(Cl)cc3)n2)cc1OC. The fourth-order valence-electron chi connectivity index (χ4n) is 2.27. The van der Waals surface area contributed by atoms with Crippen LogP contribution in [0.3, 0.4) is 0 Å². The summed E-state index contributed by atoms with van der Waals surface area (Å²) in [5.41, 5.74) is 0.667. The molecule has 0 aliphatic rings. The Kier molecular flexibility index (Phi) is 5.52. The average molecular weight is 424 g/mol. The van der Waals surface area contributed by atoms with Gasteiger partial charge >= 0.3 is 5.97 Å². The summed E-state index contributed by atoms with van der Waals surface area (Å²) < 4.78 is 42.2. The Labute approximate surface area is 165 Å². The number of esters is 1. The number of hydrogen-bond donors (Lipinski definition) is 1. The first-order valence-corrected chi connectivity index (χ1v) is 9.59. The lowest BCUT2D eigenvalue weighted by atomic mass is 10.2. The van der Waals surface area contributed by atoms with Crippen molar-refractivity contribution in [2.45, 2.75) is 4.90 Å². The zero-order valence-corrected chi connectivity index (χ0v) is 16.2. The predicted octanol–water partition coefficient (Wildman–Crippen LogP) is 2.99. The lowest BCUT2D eigenvalue weighted by Gasteiger charge is -2.09. The number of benzene rings is 2. The van der Waals surface area contributed by atoms with E-state index in [4.69, 9.17) is 20.9 Å². The molecule has 0 fully saturated rings. The Morgan fingerprint density at radius 2 is 1.86 bits per heavy atom. The Morgan fingerprint density at radius 1 is 1.14 bits per heavy atom. The minimum absolute atomic E-state index is 0.0460. The third kappa shape index (κ3) is 4.07. The molecule has 1 heterocycles. The molecule has 9 nitrogen and oxygen atoms in total. The third-order valence-electron chi connectivity index (χ3n) is 3.63. The summed E-state index contributed by atoms with van der Waals surface area (Å²) in [7, 11) is -1.54. The van der Waals surface area contributed by atoms with Crippen LogP contribution >= 0.6 is 11.6 Å². The van der Waals surface area contributed by atoms with Gasteiger partial charge in [0.05, 0.1) is 19.1 Å². The second-order valence-corrected chi connectivity index (χ2v) is 7.51. The van der Waals surface area contributed by atoms with E-state index in [1.54, 1.807) is 24.3 Å². The lowest BCUT2D eigenvalue weighted by molar-refractivity contribution is 0.0597. The Hall–Kier alpha value is -3.11. The second kappa shape index (κ2) is 7.87. The van der Waals surface area contributed by atoms with Crippen LogP contribution in [-0.4, -0.2) is 38.7 Å². The first-order chi connectivity index (χ1) is 13.3. The van der Waals surface area contributed by atoms with Crippen molar-refractivity contribution in [3.8, 4) is 17.2 Å². The molecule has 0 spiro atoms. The number of carbonyl (C=O) groups is 1. The number of rotatable bonds is 6. The van der Waals surface area contributed by atoms with Gasteiger partial charge in [-0.2, -0.15) is 4.98 Å².